The van der Waals surface area contributed by atoms with Gasteiger partial charge in [-0.1, -0.05) is 36.4 Å². The standard InChI is InChI=1S/C21H25NO3/c1-2-3-15-4-6-16(7-5-15)19-10-11-22-13-17(19)14-25-18-8-9-20(23)21(24)12-18/h2-9,12,17,19,22-24H,10-11,13-14H2,1H3. The fourth-order valence-corrected chi connectivity index (χ4v) is 3.38. The van der Waals surface area contributed by atoms with E-state index in [0.29, 0.717) is 24.2 Å². The summed E-state index contributed by atoms with van der Waals surface area (Å²) in [5.41, 5.74) is 2.56. The number of nitrogens with one attached hydrogen (secondary N) is 1. The molecule has 1 aliphatic heterocycles. The van der Waals surface area contributed by atoms with E-state index >= 15 is 0 Å². The maximum atomic E-state index is 9.59. The Bertz CT molecular complexity index is 724. The average Bonchev–Trinajstić information content (AvgIpc) is 2.64. The van der Waals surface area contributed by atoms with Gasteiger partial charge in [-0.15, -0.1) is 0 Å². The molecule has 0 saturated carbocycles. The Morgan fingerprint density at radius 2 is 1.92 bits per heavy atom. The van der Waals surface area contributed by atoms with E-state index in [-0.39, 0.29) is 11.5 Å². The zero-order valence-electron chi connectivity index (χ0n) is 14.5. The van der Waals surface area contributed by atoms with Crippen LogP contribution in [0.2, 0.25) is 0 Å². The summed E-state index contributed by atoms with van der Waals surface area (Å²) in [4.78, 5) is 0. The summed E-state index contributed by atoms with van der Waals surface area (Å²) in [6.45, 7) is 4.51. The number of aromatic hydroxyl groups is 2. The van der Waals surface area contributed by atoms with Gasteiger partial charge in [0.15, 0.2) is 11.5 Å². The third kappa shape index (κ3) is 4.34. The number of hydrogen-bond acceptors (Lipinski definition) is 4. The van der Waals surface area contributed by atoms with Crippen LogP contribution in [0.15, 0.2) is 48.5 Å². The first-order valence-corrected chi connectivity index (χ1v) is 8.75. The first-order chi connectivity index (χ1) is 12.2. The molecule has 4 nitrogen and oxygen atoms in total. The molecule has 0 aliphatic carbocycles. The maximum absolute atomic E-state index is 9.59. The first-order valence-electron chi connectivity index (χ1n) is 8.75. The summed E-state index contributed by atoms with van der Waals surface area (Å²) >= 11 is 0. The first kappa shape index (κ1) is 17.4. The SMILES string of the molecule is CC=Cc1ccc(C2CCNCC2COc2ccc(O)c(O)c2)cc1. The Morgan fingerprint density at radius 1 is 1.12 bits per heavy atom. The van der Waals surface area contributed by atoms with E-state index in [1.165, 1.54) is 23.3 Å². The van der Waals surface area contributed by atoms with Crippen LogP contribution in [0, 0.1) is 5.92 Å². The third-order valence-corrected chi connectivity index (χ3v) is 4.74. The highest BCUT2D eigenvalue weighted by molar-refractivity contribution is 5.49. The lowest BCUT2D eigenvalue weighted by Crippen LogP contribution is -2.38. The zero-order valence-corrected chi connectivity index (χ0v) is 14.5. The quantitative estimate of drug-likeness (QED) is 0.723. The molecule has 1 heterocycles. The molecule has 4 heteroatoms. The van der Waals surface area contributed by atoms with Crippen molar-refractivity contribution >= 4 is 6.08 Å². The molecular weight excluding hydrogens is 314 g/mol. The predicted octanol–water partition coefficient (Wildman–Crippen LogP) is 3.90. The molecule has 0 spiro atoms. The third-order valence-electron chi connectivity index (χ3n) is 4.74. The molecule has 0 aromatic heterocycles. The zero-order chi connectivity index (χ0) is 17.6. The van der Waals surface area contributed by atoms with E-state index < -0.39 is 0 Å². The number of phenols is 2. The van der Waals surface area contributed by atoms with Gasteiger partial charge < -0.3 is 20.3 Å². The van der Waals surface area contributed by atoms with E-state index in [9.17, 15) is 10.2 Å². The minimum atomic E-state index is -0.157. The van der Waals surface area contributed by atoms with Crippen LogP contribution in [0.1, 0.15) is 30.4 Å². The number of benzene rings is 2. The van der Waals surface area contributed by atoms with Crippen molar-refractivity contribution in [2.75, 3.05) is 19.7 Å². The van der Waals surface area contributed by atoms with Crippen molar-refractivity contribution in [3.05, 3.63) is 59.7 Å². The normalized spacial score (nSPS) is 20.7. The van der Waals surface area contributed by atoms with Gasteiger partial charge in [0.2, 0.25) is 0 Å². The molecule has 0 radical (unpaired) electrons. The van der Waals surface area contributed by atoms with Crippen LogP contribution in [-0.2, 0) is 0 Å². The predicted molar refractivity (Wildman–Crippen MR) is 100 cm³/mol. The lowest BCUT2D eigenvalue weighted by molar-refractivity contribution is 0.196. The molecule has 2 atom stereocenters. The van der Waals surface area contributed by atoms with Crippen LogP contribution < -0.4 is 10.1 Å². The van der Waals surface area contributed by atoms with Gasteiger partial charge in [-0.25, -0.2) is 0 Å². The summed E-state index contributed by atoms with van der Waals surface area (Å²) in [7, 11) is 0. The highest BCUT2D eigenvalue weighted by Gasteiger charge is 2.27. The molecule has 2 unspecified atom stereocenters. The van der Waals surface area contributed by atoms with Crippen LogP contribution in [0.5, 0.6) is 17.2 Å². The molecule has 3 rings (SSSR count). The van der Waals surface area contributed by atoms with Crippen LogP contribution in [-0.4, -0.2) is 29.9 Å². The van der Waals surface area contributed by atoms with E-state index in [1.54, 1.807) is 6.07 Å². The molecule has 1 fully saturated rings. The minimum Gasteiger partial charge on any atom is -0.504 e. The minimum absolute atomic E-state index is 0.134. The maximum Gasteiger partial charge on any atom is 0.161 e. The molecule has 2 aromatic rings. The summed E-state index contributed by atoms with van der Waals surface area (Å²) in [6.07, 6.45) is 5.23. The summed E-state index contributed by atoms with van der Waals surface area (Å²) in [6, 6.07) is 13.3. The van der Waals surface area contributed by atoms with Crippen molar-refractivity contribution in [1.29, 1.82) is 0 Å². The Labute approximate surface area is 148 Å². The molecule has 1 saturated heterocycles. The molecule has 0 amide bonds. The summed E-state index contributed by atoms with van der Waals surface area (Å²) in [5.74, 6) is 1.09. The van der Waals surface area contributed by atoms with Crippen LogP contribution >= 0.6 is 0 Å². The second-order valence-corrected chi connectivity index (χ2v) is 6.49. The Kier molecular flexibility index (Phi) is 5.61. The monoisotopic (exact) mass is 339 g/mol. The summed E-state index contributed by atoms with van der Waals surface area (Å²) < 4.78 is 5.87. The van der Waals surface area contributed by atoms with Gasteiger partial charge in [-0.05, 0) is 49.1 Å². The van der Waals surface area contributed by atoms with E-state index in [1.807, 2.05) is 13.0 Å². The lowest BCUT2D eigenvalue weighted by Gasteiger charge is -2.32. The van der Waals surface area contributed by atoms with Crippen LogP contribution in [0.25, 0.3) is 6.08 Å². The number of rotatable bonds is 5. The summed E-state index contributed by atoms with van der Waals surface area (Å²) in [5, 5.41) is 22.4. The molecule has 1 aliphatic rings. The second-order valence-electron chi connectivity index (χ2n) is 6.49. The van der Waals surface area contributed by atoms with Gasteiger partial charge in [0, 0.05) is 18.5 Å². The molecule has 3 N–H and O–H groups in total. The van der Waals surface area contributed by atoms with Crippen molar-refractivity contribution in [2.45, 2.75) is 19.3 Å². The number of ether oxygens (including phenoxy) is 1. The number of phenolic OH excluding ortho intramolecular Hbond substituents is 2. The van der Waals surface area contributed by atoms with Crippen molar-refractivity contribution in [3.8, 4) is 17.2 Å². The average molecular weight is 339 g/mol. The highest BCUT2D eigenvalue weighted by atomic mass is 16.5. The second kappa shape index (κ2) is 8.08. The molecule has 2 aromatic carbocycles. The number of piperidine rings is 1. The molecule has 0 bridgehead atoms. The number of hydrogen-bond donors (Lipinski definition) is 3. The van der Waals surface area contributed by atoms with E-state index in [0.717, 1.165) is 19.5 Å². The fraction of sp³-hybridized carbons (Fsp3) is 0.333. The number of allylic oxidation sites excluding steroid dienone is 1. The Morgan fingerprint density at radius 3 is 2.64 bits per heavy atom. The molecule has 25 heavy (non-hydrogen) atoms. The largest absolute Gasteiger partial charge is 0.504 e. The van der Waals surface area contributed by atoms with Crippen molar-refractivity contribution in [3.63, 3.8) is 0 Å². The van der Waals surface area contributed by atoms with E-state index in [4.69, 9.17) is 4.74 Å². The van der Waals surface area contributed by atoms with Crippen molar-refractivity contribution in [1.82, 2.24) is 5.32 Å². The van der Waals surface area contributed by atoms with Gasteiger partial charge in [0.05, 0.1) is 6.61 Å². The van der Waals surface area contributed by atoms with Gasteiger partial charge >= 0.3 is 0 Å². The smallest absolute Gasteiger partial charge is 0.161 e. The van der Waals surface area contributed by atoms with Crippen LogP contribution in [0.4, 0.5) is 0 Å². The van der Waals surface area contributed by atoms with Gasteiger partial charge in [-0.3, -0.25) is 0 Å². The molecule has 132 valence electrons. The van der Waals surface area contributed by atoms with Crippen molar-refractivity contribution < 1.29 is 14.9 Å². The highest BCUT2D eigenvalue weighted by Crippen LogP contribution is 2.33. The fourth-order valence-electron chi connectivity index (χ4n) is 3.38. The lowest BCUT2D eigenvalue weighted by atomic mass is 9.81. The van der Waals surface area contributed by atoms with E-state index in [2.05, 4.69) is 35.7 Å². The van der Waals surface area contributed by atoms with Gasteiger partial charge in [-0.2, -0.15) is 0 Å². The van der Waals surface area contributed by atoms with Gasteiger partial charge in [0.1, 0.15) is 5.75 Å². The van der Waals surface area contributed by atoms with Crippen molar-refractivity contribution in [2.24, 2.45) is 5.92 Å². The van der Waals surface area contributed by atoms with Gasteiger partial charge in [0.25, 0.3) is 0 Å². The molecular formula is C21H25NO3. The Hall–Kier alpha value is -2.46. The Balaban J connectivity index is 1.68. The van der Waals surface area contributed by atoms with Crippen LogP contribution in [0.3, 0.4) is 0 Å². The topological polar surface area (TPSA) is 61.7 Å².